The summed E-state index contributed by atoms with van der Waals surface area (Å²) in [5.74, 6) is 0.398. The van der Waals surface area contributed by atoms with Gasteiger partial charge in [-0.1, -0.05) is 20.8 Å². The van der Waals surface area contributed by atoms with Gasteiger partial charge in [0.1, 0.15) is 0 Å². The van der Waals surface area contributed by atoms with Gasteiger partial charge in [0.25, 0.3) is 0 Å². The number of piperazine rings is 1. The van der Waals surface area contributed by atoms with Crippen LogP contribution in [0.2, 0.25) is 0 Å². The number of nitrogens with zero attached hydrogens (tertiary/aromatic N) is 3. The van der Waals surface area contributed by atoms with E-state index in [1.54, 1.807) is 0 Å². The molecule has 0 bridgehead atoms. The summed E-state index contributed by atoms with van der Waals surface area (Å²) in [5, 5.41) is 0. The Hall–Kier alpha value is -1.62. The Bertz CT molecular complexity index is 696. The van der Waals surface area contributed by atoms with Crippen molar-refractivity contribution in [2.75, 3.05) is 32.7 Å². The molecule has 0 radical (unpaired) electrons. The number of Topliss-reactive ketones (excluding diaryl/α,β-unsaturated/α-hetero) is 1. The number of amides is 1. The second-order valence-corrected chi connectivity index (χ2v) is 10.1. The molecule has 0 atom stereocenters. The van der Waals surface area contributed by atoms with E-state index in [-0.39, 0.29) is 22.6 Å². The van der Waals surface area contributed by atoms with Crippen LogP contribution in [0.25, 0.3) is 0 Å². The molecule has 1 aliphatic rings. The minimum absolute atomic E-state index is 0.0137. The van der Waals surface area contributed by atoms with Crippen LogP contribution < -0.4 is 0 Å². The largest absolute Gasteiger partial charge is 0.343 e. The second-order valence-electron chi connectivity index (χ2n) is 10.1. The van der Waals surface area contributed by atoms with Crippen LogP contribution in [0.1, 0.15) is 69.7 Å². The highest BCUT2D eigenvalue weighted by Gasteiger charge is 2.27. The fourth-order valence-electron chi connectivity index (χ4n) is 4.09. The van der Waals surface area contributed by atoms with Gasteiger partial charge in [-0.2, -0.15) is 0 Å². The van der Waals surface area contributed by atoms with Gasteiger partial charge in [-0.15, -0.1) is 0 Å². The first-order valence-electron chi connectivity index (χ1n) is 10.0. The molecule has 2 rings (SSSR count). The Balaban J connectivity index is 1.96. The van der Waals surface area contributed by atoms with E-state index in [1.165, 1.54) is 0 Å². The third kappa shape index (κ3) is 5.44. The molecule has 0 saturated carbocycles. The molecule has 5 heteroatoms. The van der Waals surface area contributed by atoms with Gasteiger partial charge in [0.2, 0.25) is 5.91 Å². The van der Waals surface area contributed by atoms with E-state index in [1.807, 2.05) is 17.9 Å². The maximum Gasteiger partial charge on any atom is 0.223 e. The number of aryl methyl sites for hydroxylation is 1. The van der Waals surface area contributed by atoms with Crippen LogP contribution in [0.4, 0.5) is 0 Å². The van der Waals surface area contributed by atoms with Crippen molar-refractivity contribution in [1.29, 1.82) is 0 Å². The first kappa shape index (κ1) is 21.7. The molecule has 0 spiro atoms. The zero-order valence-electron chi connectivity index (χ0n) is 18.5. The fraction of sp³-hybridized carbons (Fsp3) is 0.727. The van der Waals surface area contributed by atoms with Gasteiger partial charge < -0.3 is 9.47 Å². The van der Waals surface area contributed by atoms with Crippen molar-refractivity contribution < 1.29 is 9.59 Å². The highest BCUT2D eigenvalue weighted by Crippen LogP contribution is 2.25. The number of aromatic nitrogens is 1. The highest BCUT2D eigenvalue weighted by atomic mass is 16.2. The van der Waals surface area contributed by atoms with Crippen LogP contribution >= 0.6 is 0 Å². The fourth-order valence-corrected chi connectivity index (χ4v) is 4.09. The van der Waals surface area contributed by atoms with Crippen molar-refractivity contribution in [2.24, 2.45) is 5.41 Å². The van der Waals surface area contributed by atoms with Gasteiger partial charge in [-0.3, -0.25) is 14.5 Å². The van der Waals surface area contributed by atoms with Gasteiger partial charge in [-0.05, 0) is 46.1 Å². The van der Waals surface area contributed by atoms with Crippen molar-refractivity contribution >= 4 is 11.7 Å². The first-order valence-corrected chi connectivity index (χ1v) is 10.0. The zero-order valence-corrected chi connectivity index (χ0v) is 18.5. The summed E-state index contributed by atoms with van der Waals surface area (Å²) in [6.45, 7) is 20.2. The molecular formula is C22H37N3O2. The molecule has 0 N–H and O–H groups in total. The topological polar surface area (TPSA) is 45.6 Å². The lowest BCUT2D eigenvalue weighted by molar-refractivity contribution is -0.134. The highest BCUT2D eigenvalue weighted by molar-refractivity contribution is 5.99. The summed E-state index contributed by atoms with van der Waals surface area (Å²) in [7, 11) is 0. The molecule has 1 aliphatic heterocycles. The number of ketones is 1. The summed E-state index contributed by atoms with van der Waals surface area (Å²) in [6.07, 6.45) is 0.574. The molecule has 1 saturated heterocycles. The second kappa shape index (κ2) is 7.78. The molecule has 1 aromatic heterocycles. The predicted octanol–water partition coefficient (Wildman–Crippen LogP) is 3.62. The number of carbonyl (C=O) groups excluding carboxylic acids is 2. The molecule has 0 aliphatic carbocycles. The predicted molar refractivity (Wildman–Crippen MR) is 110 cm³/mol. The van der Waals surface area contributed by atoms with Crippen LogP contribution in [0, 0.1) is 19.3 Å². The van der Waals surface area contributed by atoms with E-state index >= 15 is 0 Å². The zero-order chi connectivity index (χ0) is 20.6. The van der Waals surface area contributed by atoms with Crippen LogP contribution in [0.5, 0.6) is 0 Å². The standard InChI is InChI=1S/C22H37N3O2/c1-16-13-18(17(2)25(16)22(6,7)8)19(26)15-23-9-11-24(12-10-23)20(27)14-21(3,4)5/h13H,9-12,14-15H2,1-8H3. The summed E-state index contributed by atoms with van der Waals surface area (Å²) in [6, 6.07) is 2.02. The first-order chi connectivity index (χ1) is 12.3. The van der Waals surface area contributed by atoms with Crippen LogP contribution in [-0.4, -0.2) is 58.8 Å². The normalized spacial score (nSPS) is 16.7. The number of hydrogen-bond donors (Lipinski definition) is 0. The Labute approximate surface area is 164 Å². The monoisotopic (exact) mass is 375 g/mol. The molecule has 1 amide bonds. The van der Waals surface area contributed by atoms with E-state index in [0.717, 1.165) is 30.0 Å². The quantitative estimate of drug-likeness (QED) is 0.755. The van der Waals surface area contributed by atoms with E-state index in [0.29, 0.717) is 26.1 Å². The third-order valence-corrected chi connectivity index (χ3v) is 5.18. The lowest BCUT2D eigenvalue weighted by Crippen LogP contribution is -2.50. The lowest BCUT2D eigenvalue weighted by Gasteiger charge is -2.35. The van der Waals surface area contributed by atoms with E-state index in [9.17, 15) is 9.59 Å². The smallest absolute Gasteiger partial charge is 0.223 e. The number of rotatable bonds is 4. The molecular weight excluding hydrogens is 338 g/mol. The van der Waals surface area contributed by atoms with Crippen molar-refractivity contribution in [3.05, 3.63) is 23.0 Å². The van der Waals surface area contributed by atoms with Gasteiger partial charge >= 0.3 is 0 Å². The van der Waals surface area contributed by atoms with E-state index in [4.69, 9.17) is 0 Å². The maximum atomic E-state index is 12.9. The van der Waals surface area contributed by atoms with Gasteiger partial charge in [-0.25, -0.2) is 0 Å². The summed E-state index contributed by atoms with van der Waals surface area (Å²) in [5.41, 5.74) is 2.98. The molecule has 1 aromatic rings. The Kier molecular flexibility index (Phi) is 6.25. The molecule has 2 heterocycles. The van der Waals surface area contributed by atoms with Crippen molar-refractivity contribution in [3.8, 4) is 0 Å². The lowest BCUT2D eigenvalue weighted by atomic mass is 9.91. The minimum Gasteiger partial charge on any atom is -0.343 e. The summed E-state index contributed by atoms with van der Waals surface area (Å²) >= 11 is 0. The Morgan fingerprint density at radius 2 is 1.52 bits per heavy atom. The van der Waals surface area contributed by atoms with Crippen LogP contribution in [0.15, 0.2) is 6.07 Å². The summed E-state index contributed by atoms with van der Waals surface area (Å²) in [4.78, 5) is 29.4. The van der Waals surface area contributed by atoms with Crippen molar-refractivity contribution in [2.45, 2.75) is 67.3 Å². The Morgan fingerprint density at radius 1 is 0.963 bits per heavy atom. The average Bonchev–Trinajstić information content (AvgIpc) is 2.81. The maximum absolute atomic E-state index is 12.9. The molecule has 5 nitrogen and oxygen atoms in total. The van der Waals surface area contributed by atoms with Crippen molar-refractivity contribution in [3.63, 3.8) is 0 Å². The van der Waals surface area contributed by atoms with E-state index < -0.39 is 0 Å². The molecule has 0 aromatic carbocycles. The Morgan fingerprint density at radius 3 is 1.96 bits per heavy atom. The molecule has 1 fully saturated rings. The van der Waals surface area contributed by atoms with E-state index in [2.05, 4.69) is 57.9 Å². The molecule has 0 unspecified atom stereocenters. The minimum atomic E-state index is -0.0360. The van der Waals surface area contributed by atoms with Crippen molar-refractivity contribution in [1.82, 2.24) is 14.4 Å². The SMILES string of the molecule is Cc1cc(C(=O)CN2CCN(C(=O)CC(C)(C)C)CC2)c(C)n1C(C)(C)C. The number of hydrogen-bond acceptors (Lipinski definition) is 3. The average molecular weight is 376 g/mol. The van der Waals surface area contributed by atoms with Gasteiger partial charge in [0.15, 0.2) is 5.78 Å². The van der Waals surface area contributed by atoms with Gasteiger partial charge in [0.05, 0.1) is 6.54 Å². The third-order valence-electron chi connectivity index (χ3n) is 5.18. The van der Waals surface area contributed by atoms with Crippen LogP contribution in [0.3, 0.4) is 0 Å². The molecule has 152 valence electrons. The van der Waals surface area contributed by atoms with Crippen LogP contribution in [-0.2, 0) is 10.3 Å². The summed E-state index contributed by atoms with van der Waals surface area (Å²) < 4.78 is 2.24. The molecule has 27 heavy (non-hydrogen) atoms. The van der Waals surface area contributed by atoms with Gasteiger partial charge in [0, 0.05) is 55.1 Å². The number of carbonyl (C=O) groups is 2.